The first-order valence-electron chi connectivity index (χ1n) is 4.80. The largest absolute Gasteiger partial charge is 0.390 e. The van der Waals surface area contributed by atoms with E-state index in [9.17, 15) is 20.0 Å². The van der Waals surface area contributed by atoms with Crippen molar-refractivity contribution in [3.05, 3.63) is 36.7 Å². The van der Waals surface area contributed by atoms with Gasteiger partial charge in [-0.15, -0.1) is 0 Å². The Morgan fingerprint density at radius 1 is 1.71 bits per heavy atom. The van der Waals surface area contributed by atoms with E-state index in [0.717, 1.165) is 10.8 Å². The number of nitrogens with two attached hydrogens (primary N) is 1. The second-order valence-corrected chi connectivity index (χ2v) is 4.35. The summed E-state index contributed by atoms with van der Waals surface area (Å²) in [5, 5.41) is 20.1. The highest BCUT2D eigenvalue weighted by molar-refractivity contribution is 9.10. The topological polar surface area (TPSA) is 111 Å². The molecule has 0 bridgehead atoms. The Morgan fingerprint density at radius 3 is 2.76 bits per heavy atom. The van der Waals surface area contributed by atoms with Gasteiger partial charge < -0.3 is 15.4 Å². The van der Waals surface area contributed by atoms with Crippen LogP contribution in [0.4, 0.5) is 5.69 Å². The normalized spacial score (nSPS) is 12.5. The lowest BCUT2D eigenvalue weighted by atomic mass is 10.2. The van der Waals surface area contributed by atoms with E-state index in [4.69, 9.17) is 5.73 Å². The number of hydrogen-bond donors (Lipinski definition) is 2. The third kappa shape index (κ3) is 2.90. The SMILES string of the molecule is Cc1c([N+](=O)[O-])cn(C[C@@H](O)CN)c(=O)c1Br. The van der Waals surface area contributed by atoms with Crippen molar-refractivity contribution in [1.29, 1.82) is 0 Å². The zero-order chi connectivity index (χ0) is 13.2. The molecule has 3 N–H and O–H groups in total. The highest BCUT2D eigenvalue weighted by Gasteiger charge is 2.19. The number of nitro groups is 1. The molecule has 0 amide bonds. The van der Waals surface area contributed by atoms with Crippen LogP contribution in [-0.2, 0) is 6.54 Å². The van der Waals surface area contributed by atoms with Gasteiger partial charge in [0.1, 0.15) is 0 Å². The predicted molar refractivity (Wildman–Crippen MR) is 64.9 cm³/mol. The van der Waals surface area contributed by atoms with Gasteiger partial charge in [-0.2, -0.15) is 0 Å². The smallest absolute Gasteiger partial charge is 0.289 e. The van der Waals surface area contributed by atoms with E-state index in [1.807, 2.05) is 0 Å². The standard InChI is InChI=1S/C9H12BrN3O4/c1-5-7(13(16)17)4-12(3-6(14)2-11)9(15)8(5)10/h4,6,14H,2-3,11H2,1H3/t6-/m0/s1. The third-order valence-electron chi connectivity index (χ3n) is 2.32. The molecule has 1 rings (SSSR count). The van der Waals surface area contributed by atoms with Gasteiger partial charge in [0.25, 0.3) is 11.2 Å². The van der Waals surface area contributed by atoms with Gasteiger partial charge in [-0.25, -0.2) is 0 Å². The predicted octanol–water partition coefficient (Wildman–Crippen LogP) is 0.147. The number of aliphatic hydroxyl groups excluding tert-OH is 1. The fourth-order valence-corrected chi connectivity index (χ4v) is 1.75. The van der Waals surface area contributed by atoms with Crippen LogP contribution in [0.5, 0.6) is 0 Å². The van der Waals surface area contributed by atoms with E-state index < -0.39 is 16.6 Å². The molecule has 0 radical (unpaired) electrons. The summed E-state index contributed by atoms with van der Waals surface area (Å²) < 4.78 is 1.20. The van der Waals surface area contributed by atoms with Crippen molar-refractivity contribution in [3.63, 3.8) is 0 Å². The van der Waals surface area contributed by atoms with E-state index in [0.29, 0.717) is 0 Å². The average Bonchev–Trinajstić information content (AvgIpc) is 2.29. The van der Waals surface area contributed by atoms with Crippen LogP contribution in [0.1, 0.15) is 5.56 Å². The lowest BCUT2D eigenvalue weighted by Crippen LogP contribution is -2.31. The van der Waals surface area contributed by atoms with Gasteiger partial charge in [0, 0.05) is 12.1 Å². The molecule has 8 heteroatoms. The molecule has 1 aromatic heterocycles. The zero-order valence-corrected chi connectivity index (χ0v) is 10.7. The first kappa shape index (κ1) is 13.8. The fraction of sp³-hybridized carbons (Fsp3) is 0.444. The van der Waals surface area contributed by atoms with Crippen molar-refractivity contribution >= 4 is 21.6 Å². The molecule has 0 aliphatic carbocycles. The summed E-state index contributed by atoms with van der Waals surface area (Å²) in [4.78, 5) is 22.0. The molecule has 0 fully saturated rings. The van der Waals surface area contributed by atoms with Gasteiger partial charge in [0.15, 0.2) is 0 Å². The van der Waals surface area contributed by atoms with Crippen molar-refractivity contribution in [2.45, 2.75) is 19.6 Å². The highest BCUT2D eigenvalue weighted by Crippen LogP contribution is 2.22. The quantitative estimate of drug-likeness (QED) is 0.607. The van der Waals surface area contributed by atoms with Gasteiger partial charge in [0.2, 0.25) is 0 Å². The number of aromatic nitrogens is 1. The van der Waals surface area contributed by atoms with Gasteiger partial charge in [0.05, 0.1) is 28.2 Å². The number of aliphatic hydroxyl groups is 1. The maximum absolute atomic E-state index is 11.8. The van der Waals surface area contributed by atoms with Crippen LogP contribution in [0.15, 0.2) is 15.5 Å². The van der Waals surface area contributed by atoms with Crippen molar-refractivity contribution in [1.82, 2.24) is 4.57 Å². The van der Waals surface area contributed by atoms with Gasteiger partial charge in [-0.3, -0.25) is 14.9 Å². The van der Waals surface area contributed by atoms with E-state index >= 15 is 0 Å². The van der Waals surface area contributed by atoms with Gasteiger partial charge in [-0.1, -0.05) is 0 Å². The van der Waals surface area contributed by atoms with Gasteiger partial charge in [-0.05, 0) is 22.9 Å². The molecule has 94 valence electrons. The lowest BCUT2D eigenvalue weighted by molar-refractivity contribution is -0.386. The van der Waals surface area contributed by atoms with Crippen LogP contribution in [0, 0.1) is 17.0 Å². The van der Waals surface area contributed by atoms with E-state index in [1.54, 1.807) is 0 Å². The van der Waals surface area contributed by atoms with Crippen LogP contribution in [0.2, 0.25) is 0 Å². The summed E-state index contributed by atoms with van der Waals surface area (Å²) in [6, 6.07) is 0. The second-order valence-electron chi connectivity index (χ2n) is 3.56. The molecule has 0 aliphatic rings. The second kappa shape index (κ2) is 5.39. The molecule has 0 aliphatic heterocycles. The van der Waals surface area contributed by atoms with Crippen molar-refractivity contribution in [2.75, 3.05) is 6.54 Å². The maximum Gasteiger partial charge on any atom is 0.289 e. The highest BCUT2D eigenvalue weighted by atomic mass is 79.9. The van der Waals surface area contributed by atoms with Gasteiger partial charge >= 0.3 is 0 Å². The number of hydrogen-bond acceptors (Lipinski definition) is 5. The van der Waals surface area contributed by atoms with Crippen LogP contribution < -0.4 is 11.3 Å². The van der Waals surface area contributed by atoms with Crippen molar-refractivity contribution in [3.8, 4) is 0 Å². The Balaban J connectivity index is 3.32. The summed E-state index contributed by atoms with van der Waals surface area (Å²) >= 11 is 3.01. The Bertz CT molecular complexity index is 500. The first-order valence-corrected chi connectivity index (χ1v) is 5.59. The molecule has 0 spiro atoms. The molecule has 0 unspecified atom stereocenters. The summed E-state index contributed by atoms with van der Waals surface area (Å²) in [6.07, 6.45) is 0.198. The number of rotatable bonds is 4. The molecular weight excluding hydrogens is 294 g/mol. The molecular formula is C9H12BrN3O4. The maximum atomic E-state index is 11.8. The molecule has 0 saturated carbocycles. The minimum Gasteiger partial charge on any atom is -0.390 e. The van der Waals surface area contributed by atoms with E-state index in [2.05, 4.69) is 15.9 Å². The van der Waals surface area contributed by atoms with Crippen molar-refractivity contribution < 1.29 is 10.0 Å². The number of nitrogens with zero attached hydrogens (tertiary/aromatic N) is 2. The summed E-state index contributed by atoms with van der Waals surface area (Å²) in [5.74, 6) is 0. The van der Waals surface area contributed by atoms with Crippen LogP contribution in [0.25, 0.3) is 0 Å². The fourth-order valence-electron chi connectivity index (χ4n) is 1.32. The minimum atomic E-state index is -0.915. The van der Waals surface area contributed by atoms with E-state index in [1.165, 1.54) is 6.92 Å². The number of halogens is 1. The summed E-state index contributed by atoms with van der Waals surface area (Å²) in [7, 11) is 0. The van der Waals surface area contributed by atoms with Crippen LogP contribution in [-0.4, -0.2) is 27.2 Å². The molecule has 1 aromatic rings. The summed E-state index contributed by atoms with van der Waals surface area (Å²) in [5.41, 5.74) is 4.88. The Kier molecular flexibility index (Phi) is 4.38. The zero-order valence-electron chi connectivity index (χ0n) is 9.09. The first-order chi connectivity index (χ1) is 7.88. The minimum absolute atomic E-state index is 0.0221. The summed E-state index contributed by atoms with van der Waals surface area (Å²) in [6.45, 7) is 1.38. The molecule has 1 heterocycles. The molecule has 1 atom stereocenters. The average molecular weight is 306 g/mol. The number of pyridine rings is 1. The van der Waals surface area contributed by atoms with Crippen LogP contribution >= 0.6 is 15.9 Å². The molecule has 0 aromatic carbocycles. The van der Waals surface area contributed by atoms with Crippen molar-refractivity contribution in [2.24, 2.45) is 5.73 Å². The van der Waals surface area contributed by atoms with E-state index in [-0.39, 0.29) is 28.8 Å². The van der Waals surface area contributed by atoms with Crippen LogP contribution in [0.3, 0.4) is 0 Å². The monoisotopic (exact) mass is 305 g/mol. The Hall–Kier alpha value is -1.25. The lowest BCUT2D eigenvalue weighted by Gasteiger charge is -2.11. The Morgan fingerprint density at radius 2 is 2.29 bits per heavy atom. The Labute approximate surface area is 105 Å². The molecule has 17 heavy (non-hydrogen) atoms. The molecule has 0 saturated heterocycles. The third-order valence-corrected chi connectivity index (χ3v) is 3.25. The molecule has 7 nitrogen and oxygen atoms in total.